The molecule has 0 aromatic heterocycles. The summed E-state index contributed by atoms with van der Waals surface area (Å²) >= 11 is 0. The summed E-state index contributed by atoms with van der Waals surface area (Å²) in [6.07, 6.45) is 0.774. The van der Waals surface area contributed by atoms with Crippen LogP contribution in [0.15, 0.2) is 48.5 Å². The number of nitrogens with one attached hydrogen (secondary N) is 1. The molecule has 0 radical (unpaired) electrons. The summed E-state index contributed by atoms with van der Waals surface area (Å²) in [5.41, 5.74) is 2.42. The average molecular weight is 350 g/mol. The van der Waals surface area contributed by atoms with Crippen molar-refractivity contribution in [3.63, 3.8) is 0 Å². The molecule has 0 aliphatic carbocycles. The van der Waals surface area contributed by atoms with E-state index in [1.807, 2.05) is 45.0 Å². The third-order valence-electron chi connectivity index (χ3n) is 4.66. The van der Waals surface area contributed by atoms with E-state index in [0.717, 1.165) is 16.9 Å². The Morgan fingerprint density at radius 3 is 2.04 bits per heavy atom. The van der Waals surface area contributed by atoms with Gasteiger partial charge in [0.25, 0.3) is 11.8 Å². The van der Waals surface area contributed by atoms with Crippen LogP contribution in [0.1, 0.15) is 47.1 Å². The van der Waals surface area contributed by atoms with Gasteiger partial charge in [-0.2, -0.15) is 0 Å². The number of nitrogens with zero attached hydrogens (tertiary/aromatic N) is 1. The van der Waals surface area contributed by atoms with Crippen LogP contribution in [0.3, 0.4) is 0 Å². The molecule has 5 heteroatoms. The second-order valence-corrected chi connectivity index (χ2v) is 6.71. The Labute approximate surface area is 153 Å². The van der Waals surface area contributed by atoms with E-state index in [0.29, 0.717) is 16.8 Å². The monoisotopic (exact) mass is 350 g/mol. The molecule has 0 unspecified atom stereocenters. The van der Waals surface area contributed by atoms with Crippen LogP contribution in [0.2, 0.25) is 0 Å². The zero-order chi connectivity index (χ0) is 18.8. The molecule has 2 aromatic carbocycles. The maximum atomic E-state index is 13.0. The molecule has 2 aromatic rings. The molecule has 1 heterocycles. The fraction of sp³-hybridized carbons (Fsp3) is 0.286. The molecule has 1 atom stereocenters. The summed E-state index contributed by atoms with van der Waals surface area (Å²) in [4.78, 5) is 39.6. The number of rotatable bonds is 5. The molecule has 0 saturated carbocycles. The summed E-state index contributed by atoms with van der Waals surface area (Å²) in [5, 5.41) is 2.90. The Balaban J connectivity index is 1.92. The number of amides is 3. The van der Waals surface area contributed by atoms with Gasteiger partial charge in [-0.15, -0.1) is 0 Å². The summed E-state index contributed by atoms with van der Waals surface area (Å²) in [7, 11) is 0. The highest BCUT2D eigenvalue weighted by atomic mass is 16.2. The summed E-state index contributed by atoms with van der Waals surface area (Å²) < 4.78 is 0. The number of fused-ring (bicyclic) bond motifs is 1. The second-order valence-electron chi connectivity index (χ2n) is 6.71. The van der Waals surface area contributed by atoms with E-state index >= 15 is 0 Å². The van der Waals surface area contributed by atoms with Gasteiger partial charge >= 0.3 is 0 Å². The lowest BCUT2D eigenvalue weighted by atomic mass is 10.0. The normalized spacial score (nSPS) is 14.5. The zero-order valence-electron chi connectivity index (χ0n) is 15.2. The maximum Gasteiger partial charge on any atom is 0.262 e. The zero-order valence-corrected chi connectivity index (χ0v) is 15.2. The number of imide groups is 1. The molecule has 0 fully saturated rings. The smallest absolute Gasteiger partial charge is 0.262 e. The first-order valence-electron chi connectivity index (χ1n) is 8.81. The number of aryl methyl sites for hydroxylation is 1. The lowest BCUT2D eigenvalue weighted by Gasteiger charge is -2.28. The minimum absolute atomic E-state index is 0.217. The fourth-order valence-electron chi connectivity index (χ4n) is 3.34. The second kappa shape index (κ2) is 7.12. The lowest BCUT2D eigenvalue weighted by Crippen LogP contribution is -2.50. The molecule has 1 aliphatic rings. The van der Waals surface area contributed by atoms with Gasteiger partial charge in [-0.1, -0.05) is 51.1 Å². The van der Waals surface area contributed by atoms with Gasteiger partial charge in [0.2, 0.25) is 5.91 Å². The van der Waals surface area contributed by atoms with Crippen LogP contribution in [-0.4, -0.2) is 28.7 Å². The predicted octanol–water partition coefficient (Wildman–Crippen LogP) is 3.51. The quantitative estimate of drug-likeness (QED) is 0.839. The number of benzene rings is 2. The Kier molecular flexibility index (Phi) is 4.89. The van der Waals surface area contributed by atoms with Crippen LogP contribution < -0.4 is 5.32 Å². The summed E-state index contributed by atoms with van der Waals surface area (Å²) in [6.45, 7) is 5.67. The standard InChI is InChI=1S/C21H22N2O3/c1-4-14-9-5-8-12-17(14)22-19(24)18(13(2)3)23-20(25)15-10-6-7-11-16(15)21(23)26/h5-13,18H,4H2,1-3H3,(H,22,24)/t18-/m1/s1. The molecular weight excluding hydrogens is 328 g/mol. The maximum absolute atomic E-state index is 13.0. The predicted molar refractivity (Wildman–Crippen MR) is 100 cm³/mol. The van der Waals surface area contributed by atoms with Crippen LogP contribution in [0.5, 0.6) is 0 Å². The van der Waals surface area contributed by atoms with Crippen LogP contribution in [0.4, 0.5) is 5.69 Å². The van der Waals surface area contributed by atoms with E-state index in [1.165, 1.54) is 0 Å². The molecule has 3 rings (SSSR count). The minimum Gasteiger partial charge on any atom is -0.324 e. The number of para-hydroxylation sites is 1. The van der Waals surface area contributed by atoms with Crippen molar-refractivity contribution in [1.29, 1.82) is 0 Å². The van der Waals surface area contributed by atoms with Crippen molar-refractivity contribution in [1.82, 2.24) is 4.90 Å². The largest absolute Gasteiger partial charge is 0.324 e. The van der Waals surface area contributed by atoms with Crippen LogP contribution in [0, 0.1) is 5.92 Å². The molecule has 1 N–H and O–H groups in total. The van der Waals surface area contributed by atoms with Crippen LogP contribution >= 0.6 is 0 Å². The Bertz CT molecular complexity index is 838. The first-order chi connectivity index (χ1) is 12.5. The Hall–Kier alpha value is -2.95. The molecule has 0 saturated heterocycles. The van der Waals surface area contributed by atoms with Crippen molar-refractivity contribution in [3.8, 4) is 0 Å². The molecule has 5 nitrogen and oxygen atoms in total. The SMILES string of the molecule is CCc1ccccc1NC(=O)[C@@H](C(C)C)N1C(=O)c2ccccc2C1=O. The van der Waals surface area contributed by atoms with Crippen LogP contribution in [0.25, 0.3) is 0 Å². The van der Waals surface area contributed by atoms with Gasteiger partial charge in [-0.05, 0) is 36.1 Å². The van der Waals surface area contributed by atoms with Crippen molar-refractivity contribution in [3.05, 3.63) is 65.2 Å². The van der Waals surface area contributed by atoms with Crippen LogP contribution in [-0.2, 0) is 11.2 Å². The summed E-state index contributed by atoms with van der Waals surface area (Å²) in [6, 6.07) is 13.4. The number of hydrogen-bond donors (Lipinski definition) is 1. The van der Waals surface area contributed by atoms with E-state index in [4.69, 9.17) is 0 Å². The van der Waals surface area contributed by atoms with Crippen molar-refractivity contribution < 1.29 is 14.4 Å². The van der Waals surface area contributed by atoms with E-state index in [1.54, 1.807) is 24.3 Å². The van der Waals surface area contributed by atoms with Gasteiger partial charge in [0.1, 0.15) is 6.04 Å². The van der Waals surface area contributed by atoms with Crippen molar-refractivity contribution in [2.24, 2.45) is 5.92 Å². The van der Waals surface area contributed by atoms with E-state index in [2.05, 4.69) is 5.32 Å². The van der Waals surface area contributed by atoms with Crippen molar-refractivity contribution in [2.45, 2.75) is 33.2 Å². The molecular formula is C21H22N2O3. The van der Waals surface area contributed by atoms with Gasteiger partial charge in [-0.3, -0.25) is 19.3 Å². The van der Waals surface area contributed by atoms with E-state index in [9.17, 15) is 14.4 Å². The van der Waals surface area contributed by atoms with E-state index < -0.39 is 17.9 Å². The first kappa shape index (κ1) is 17.9. The molecule has 134 valence electrons. The first-order valence-corrected chi connectivity index (χ1v) is 8.81. The fourth-order valence-corrected chi connectivity index (χ4v) is 3.34. The highest BCUT2D eigenvalue weighted by Gasteiger charge is 2.43. The third-order valence-corrected chi connectivity index (χ3v) is 4.66. The topological polar surface area (TPSA) is 66.5 Å². The number of anilines is 1. The summed E-state index contributed by atoms with van der Waals surface area (Å²) in [5.74, 6) is -1.40. The van der Waals surface area contributed by atoms with Gasteiger partial charge in [0.15, 0.2) is 0 Å². The number of carbonyl (C=O) groups excluding carboxylic acids is 3. The number of carbonyl (C=O) groups is 3. The third kappa shape index (κ3) is 3.01. The van der Waals surface area contributed by atoms with Crippen molar-refractivity contribution in [2.75, 3.05) is 5.32 Å². The molecule has 3 amide bonds. The van der Waals surface area contributed by atoms with Gasteiger partial charge in [-0.25, -0.2) is 0 Å². The highest BCUT2D eigenvalue weighted by Crippen LogP contribution is 2.28. The van der Waals surface area contributed by atoms with Crippen molar-refractivity contribution >= 4 is 23.4 Å². The number of hydrogen-bond acceptors (Lipinski definition) is 3. The van der Waals surface area contributed by atoms with Gasteiger partial charge < -0.3 is 5.32 Å². The Morgan fingerprint density at radius 1 is 0.962 bits per heavy atom. The van der Waals surface area contributed by atoms with Gasteiger partial charge in [0, 0.05) is 5.69 Å². The minimum atomic E-state index is -0.868. The van der Waals surface area contributed by atoms with E-state index in [-0.39, 0.29) is 11.8 Å². The lowest BCUT2D eigenvalue weighted by molar-refractivity contribution is -0.121. The molecule has 0 spiro atoms. The highest BCUT2D eigenvalue weighted by molar-refractivity contribution is 6.23. The van der Waals surface area contributed by atoms with Gasteiger partial charge in [0.05, 0.1) is 11.1 Å². The molecule has 26 heavy (non-hydrogen) atoms. The molecule has 0 bridgehead atoms. The average Bonchev–Trinajstić information content (AvgIpc) is 2.88. The Morgan fingerprint density at radius 2 is 1.50 bits per heavy atom. The molecule has 1 aliphatic heterocycles.